The zero-order valence-electron chi connectivity index (χ0n) is 17.1. The number of fused-ring (bicyclic) bond motifs is 1. The van der Waals surface area contributed by atoms with Crippen LogP contribution in [0.1, 0.15) is 71.1 Å². The number of nitrogens with one attached hydrogen (secondary N) is 3. The third-order valence-electron chi connectivity index (χ3n) is 6.13. The summed E-state index contributed by atoms with van der Waals surface area (Å²) in [5, 5.41) is 8.75. The molecule has 4 rings (SSSR count). The van der Waals surface area contributed by atoms with Gasteiger partial charge in [0.05, 0.1) is 6.04 Å². The fourth-order valence-electron chi connectivity index (χ4n) is 4.48. The number of amides is 3. The number of ether oxygens (including phenoxy) is 2. The summed E-state index contributed by atoms with van der Waals surface area (Å²) in [5.74, 6) is 1.02. The first kappa shape index (κ1) is 19.9. The van der Waals surface area contributed by atoms with Gasteiger partial charge in [0.15, 0.2) is 11.5 Å². The van der Waals surface area contributed by atoms with Gasteiger partial charge in [-0.3, -0.25) is 4.79 Å². The number of carbonyl (C=O) groups excluding carboxylic acids is 2. The van der Waals surface area contributed by atoms with E-state index in [9.17, 15) is 9.59 Å². The Bertz CT molecular complexity index is 760. The molecule has 0 radical (unpaired) electrons. The van der Waals surface area contributed by atoms with Crippen LogP contribution in [0.3, 0.4) is 0 Å². The standard InChI is InChI=1S/C22H31N3O4/c1-15-17(25-21(27)23-15)8-4-2-5-9-20(26)24-16-10-11-18-19(14-16)29-22(28-18)12-6-3-7-13-22/h10-11,14-15,17H,2-9,12-13H2,1H3,(H,24,26)(H2,23,25,27)/t15-,17-/m1/s1. The smallest absolute Gasteiger partial charge is 0.315 e. The Balaban J connectivity index is 1.18. The maximum absolute atomic E-state index is 12.3. The van der Waals surface area contributed by atoms with Gasteiger partial charge in [-0.05, 0) is 44.7 Å². The van der Waals surface area contributed by atoms with Gasteiger partial charge in [0.25, 0.3) is 5.79 Å². The van der Waals surface area contributed by atoms with Gasteiger partial charge in [0.1, 0.15) is 0 Å². The first-order valence-electron chi connectivity index (χ1n) is 10.9. The predicted octanol–water partition coefficient (Wildman–Crippen LogP) is 4.08. The van der Waals surface area contributed by atoms with Crippen LogP contribution in [-0.2, 0) is 4.79 Å². The molecule has 7 heteroatoms. The Hall–Kier alpha value is -2.44. The van der Waals surface area contributed by atoms with E-state index in [0.29, 0.717) is 6.42 Å². The topological polar surface area (TPSA) is 88.7 Å². The van der Waals surface area contributed by atoms with E-state index in [4.69, 9.17) is 9.47 Å². The molecule has 3 aliphatic rings. The maximum Gasteiger partial charge on any atom is 0.315 e. The van der Waals surface area contributed by atoms with E-state index in [0.717, 1.165) is 68.6 Å². The molecule has 2 aliphatic heterocycles. The molecule has 29 heavy (non-hydrogen) atoms. The van der Waals surface area contributed by atoms with Crippen molar-refractivity contribution in [2.75, 3.05) is 5.32 Å². The summed E-state index contributed by atoms with van der Waals surface area (Å²) in [6.45, 7) is 2.01. The van der Waals surface area contributed by atoms with Crippen molar-refractivity contribution >= 4 is 17.6 Å². The summed E-state index contributed by atoms with van der Waals surface area (Å²) in [6.07, 6.45) is 9.55. The SMILES string of the molecule is C[C@H]1NC(=O)N[C@@H]1CCCCCC(=O)Nc1ccc2c(c1)OC1(CCCCC1)O2. The zero-order valence-corrected chi connectivity index (χ0v) is 17.1. The van der Waals surface area contributed by atoms with Gasteiger partial charge in [-0.15, -0.1) is 0 Å². The number of hydrogen-bond donors (Lipinski definition) is 3. The van der Waals surface area contributed by atoms with Gasteiger partial charge in [0.2, 0.25) is 5.91 Å². The van der Waals surface area contributed by atoms with E-state index in [1.807, 2.05) is 25.1 Å². The highest BCUT2D eigenvalue weighted by atomic mass is 16.7. The van der Waals surface area contributed by atoms with E-state index in [1.165, 1.54) is 6.42 Å². The quantitative estimate of drug-likeness (QED) is 0.601. The van der Waals surface area contributed by atoms with Gasteiger partial charge in [-0.1, -0.05) is 19.3 Å². The van der Waals surface area contributed by atoms with Crippen LogP contribution in [0.15, 0.2) is 18.2 Å². The molecule has 1 aromatic carbocycles. The highest BCUT2D eigenvalue weighted by Crippen LogP contribution is 2.46. The van der Waals surface area contributed by atoms with E-state index in [2.05, 4.69) is 16.0 Å². The van der Waals surface area contributed by atoms with Crippen molar-refractivity contribution in [3.05, 3.63) is 18.2 Å². The van der Waals surface area contributed by atoms with E-state index < -0.39 is 5.79 Å². The van der Waals surface area contributed by atoms with Gasteiger partial charge >= 0.3 is 6.03 Å². The second-order valence-electron chi connectivity index (χ2n) is 8.50. The fraction of sp³-hybridized carbons (Fsp3) is 0.636. The first-order valence-corrected chi connectivity index (χ1v) is 10.9. The van der Waals surface area contributed by atoms with Crippen molar-refractivity contribution in [1.29, 1.82) is 0 Å². The Morgan fingerprint density at radius 1 is 1.10 bits per heavy atom. The molecular formula is C22H31N3O4. The summed E-state index contributed by atoms with van der Waals surface area (Å²) >= 11 is 0. The second-order valence-corrected chi connectivity index (χ2v) is 8.50. The number of benzene rings is 1. The molecule has 0 bridgehead atoms. The van der Waals surface area contributed by atoms with Crippen LogP contribution in [-0.4, -0.2) is 29.8 Å². The van der Waals surface area contributed by atoms with Crippen LogP contribution < -0.4 is 25.4 Å². The molecule has 1 aliphatic carbocycles. The fourth-order valence-corrected chi connectivity index (χ4v) is 4.48. The summed E-state index contributed by atoms with van der Waals surface area (Å²) in [5.41, 5.74) is 0.749. The largest absolute Gasteiger partial charge is 0.448 e. The molecule has 7 nitrogen and oxygen atoms in total. The second kappa shape index (κ2) is 8.51. The van der Waals surface area contributed by atoms with Crippen LogP contribution in [0.2, 0.25) is 0 Å². The minimum Gasteiger partial charge on any atom is -0.448 e. The average molecular weight is 402 g/mol. The molecule has 2 fully saturated rings. The van der Waals surface area contributed by atoms with Crippen LogP contribution in [0.5, 0.6) is 11.5 Å². The van der Waals surface area contributed by atoms with Crippen molar-refractivity contribution in [3.63, 3.8) is 0 Å². The predicted molar refractivity (Wildman–Crippen MR) is 110 cm³/mol. The summed E-state index contributed by atoms with van der Waals surface area (Å²) in [4.78, 5) is 23.6. The minimum atomic E-state index is -0.491. The third-order valence-corrected chi connectivity index (χ3v) is 6.13. The molecular weight excluding hydrogens is 370 g/mol. The number of carbonyl (C=O) groups is 2. The lowest BCUT2D eigenvalue weighted by Crippen LogP contribution is -2.40. The maximum atomic E-state index is 12.3. The van der Waals surface area contributed by atoms with Crippen molar-refractivity contribution in [2.24, 2.45) is 0 Å². The van der Waals surface area contributed by atoms with Gasteiger partial charge in [-0.2, -0.15) is 0 Å². The zero-order chi connectivity index (χ0) is 20.3. The van der Waals surface area contributed by atoms with Crippen LogP contribution in [0.25, 0.3) is 0 Å². The van der Waals surface area contributed by atoms with Gasteiger partial charge in [0, 0.05) is 37.1 Å². The molecule has 1 saturated heterocycles. The lowest BCUT2D eigenvalue weighted by atomic mass is 9.94. The highest BCUT2D eigenvalue weighted by molar-refractivity contribution is 5.91. The van der Waals surface area contributed by atoms with Crippen molar-refractivity contribution in [3.8, 4) is 11.5 Å². The molecule has 1 spiro atoms. The number of anilines is 1. The summed E-state index contributed by atoms with van der Waals surface area (Å²) in [7, 11) is 0. The van der Waals surface area contributed by atoms with Gasteiger partial charge in [-0.25, -0.2) is 4.79 Å². The van der Waals surface area contributed by atoms with Crippen molar-refractivity contribution in [2.45, 2.75) is 89.0 Å². The number of rotatable bonds is 7. The van der Waals surface area contributed by atoms with Gasteiger partial charge < -0.3 is 25.4 Å². The Morgan fingerprint density at radius 2 is 1.90 bits per heavy atom. The molecule has 0 unspecified atom stereocenters. The van der Waals surface area contributed by atoms with E-state index >= 15 is 0 Å². The number of hydrogen-bond acceptors (Lipinski definition) is 4. The van der Waals surface area contributed by atoms with Crippen molar-refractivity contribution in [1.82, 2.24) is 10.6 Å². The van der Waals surface area contributed by atoms with E-state index in [-0.39, 0.29) is 24.0 Å². The Labute approximate surface area is 171 Å². The molecule has 1 saturated carbocycles. The van der Waals surface area contributed by atoms with Crippen LogP contribution in [0, 0.1) is 0 Å². The van der Waals surface area contributed by atoms with E-state index in [1.54, 1.807) is 0 Å². The van der Waals surface area contributed by atoms with Crippen LogP contribution >= 0.6 is 0 Å². The Morgan fingerprint density at radius 3 is 2.66 bits per heavy atom. The number of unbranched alkanes of at least 4 members (excludes halogenated alkanes) is 2. The Kier molecular flexibility index (Phi) is 5.83. The average Bonchev–Trinajstić information content (AvgIpc) is 3.20. The first-order chi connectivity index (χ1) is 14.0. The number of urea groups is 1. The molecule has 0 aromatic heterocycles. The molecule has 3 N–H and O–H groups in total. The molecule has 158 valence electrons. The molecule has 2 heterocycles. The van der Waals surface area contributed by atoms with Crippen LogP contribution in [0.4, 0.5) is 10.5 Å². The summed E-state index contributed by atoms with van der Waals surface area (Å²) in [6, 6.07) is 5.91. The molecule has 1 aromatic rings. The van der Waals surface area contributed by atoms with Crippen molar-refractivity contribution < 1.29 is 19.1 Å². The lowest BCUT2D eigenvalue weighted by Gasteiger charge is -2.31. The molecule has 3 amide bonds. The minimum absolute atomic E-state index is 0.0143. The highest BCUT2D eigenvalue weighted by Gasteiger charge is 2.42. The lowest BCUT2D eigenvalue weighted by molar-refractivity contribution is -0.116. The summed E-state index contributed by atoms with van der Waals surface area (Å²) < 4.78 is 12.2. The normalized spacial score (nSPS) is 24.2. The monoisotopic (exact) mass is 401 g/mol. The third kappa shape index (κ3) is 4.77. The molecule has 2 atom stereocenters.